The molecule has 0 saturated carbocycles. The molecule has 0 aliphatic carbocycles. The molecular weight excluding hydrogens is 306 g/mol. The Morgan fingerprint density at radius 2 is 2.19 bits per heavy atom. The monoisotopic (exact) mass is 323 g/mol. The minimum absolute atomic E-state index is 0.0642. The van der Waals surface area contributed by atoms with Crippen LogP contribution in [0.1, 0.15) is 22.9 Å². The Hall–Kier alpha value is -1.56. The second-order valence-corrected chi connectivity index (χ2v) is 6.11. The Morgan fingerprint density at radius 1 is 1.38 bits per heavy atom. The highest BCUT2D eigenvalue weighted by Crippen LogP contribution is 2.21. The van der Waals surface area contributed by atoms with Crippen LogP contribution in [0.4, 0.5) is 0 Å². The van der Waals surface area contributed by atoms with Gasteiger partial charge in [-0.3, -0.25) is 4.90 Å². The van der Waals surface area contributed by atoms with Gasteiger partial charge in [-0.25, -0.2) is 0 Å². The van der Waals surface area contributed by atoms with Crippen LogP contribution in [-0.4, -0.2) is 22.5 Å². The first-order valence-corrected chi connectivity index (χ1v) is 7.90. The van der Waals surface area contributed by atoms with Crippen LogP contribution < -0.4 is 5.73 Å². The minimum atomic E-state index is 0.0642. The maximum absolute atomic E-state index is 8.69. The van der Waals surface area contributed by atoms with Gasteiger partial charge in [0.2, 0.25) is 0 Å². The first-order valence-electron chi connectivity index (χ1n) is 6.65. The Kier molecular flexibility index (Phi) is 5.61. The van der Waals surface area contributed by atoms with Crippen molar-refractivity contribution in [2.45, 2.75) is 20.0 Å². The zero-order valence-corrected chi connectivity index (χ0v) is 13.4. The molecule has 2 aromatic rings. The third-order valence-electron chi connectivity index (χ3n) is 3.26. The molecule has 1 aromatic heterocycles. The van der Waals surface area contributed by atoms with Crippen molar-refractivity contribution in [1.29, 1.82) is 0 Å². The van der Waals surface area contributed by atoms with Crippen LogP contribution in [0.3, 0.4) is 0 Å². The normalized spacial score (nSPS) is 12.0. The molecule has 0 amide bonds. The molecule has 2 rings (SSSR count). The van der Waals surface area contributed by atoms with Gasteiger partial charge in [0.25, 0.3) is 0 Å². The molecule has 0 atom stereocenters. The maximum Gasteiger partial charge on any atom is 0.170 e. The van der Waals surface area contributed by atoms with Crippen LogP contribution in [-0.2, 0) is 13.1 Å². The molecular formula is C15H18ClN3OS. The van der Waals surface area contributed by atoms with E-state index < -0.39 is 0 Å². The highest BCUT2D eigenvalue weighted by atomic mass is 35.5. The molecule has 0 fully saturated rings. The van der Waals surface area contributed by atoms with Crippen molar-refractivity contribution in [2.75, 3.05) is 6.54 Å². The second-order valence-electron chi connectivity index (χ2n) is 4.67. The van der Waals surface area contributed by atoms with Gasteiger partial charge >= 0.3 is 0 Å². The first-order chi connectivity index (χ1) is 10.1. The van der Waals surface area contributed by atoms with E-state index in [0.717, 1.165) is 25.2 Å². The largest absolute Gasteiger partial charge is 0.409 e. The fraction of sp³-hybridized carbons (Fsp3) is 0.267. The van der Waals surface area contributed by atoms with Crippen molar-refractivity contribution in [1.82, 2.24) is 4.90 Å². The Balaban J connectivity index is 2.10. The highest BCUT2D eigenvalue weighted by Gasteiger charge is 2.10. The lowest BCUT2D eigenvalue weighted by atomic mass is 10.1. The number of hydrogen-bond donors (Lipinski definition) is 2. The molecule has 0 saturated heterocycles. The van der Waals surface area contributed by atoms with Crippen LogP contribution in [0.15, 0.2) is 40.9 Å². The lowest BCUT2D eigenvalue weighted by Crippen LogP contribution is -2.22. The van der Waals surface area contributed by atoms with E-state index >= 15 is 0 Å². The predicted octanol–water partition coefficient (Wildman–Crippen LogP) is 3.52. The highest BCUT2D eigenvalue weighted by molar-refractivity contribution is 7.09. The van der Waals surface area contributed by atoms with Gasteiger partial charge in [-0.15, -0.1) is 11.3 Å². The molecule has 6 heteroatoms. The summed E-state index contributed by atoms with van der Waals surface area (Å²) in [6, 6.07) is 9.66. The average Bonchev–Trinajstić information content (AvgIpc) is 3.00. The molecule has 1 aromatic carbocycles. The number of oxime groups is 1. The molecule has 0 bridgehead atoms. The summed E-state index contributed by atoms with van der Waals surface area (Å²) < 4.78 is 0. The van der Waals surface area contributed by atoms with Gasteiger partial charge in [0.05, 0.1) is 0 Å². The van der Waals surface area contributed by atoms with Gasteiger partial charge in [0.1, 0.15) is 0 Å². The third kappa shape index (κ3) is 4.20. The van der Waals surface area contributed by atoms with Crippen molar-refractivity contribution in [2.24, 2.45) is 10.9 Å². The average molecular weight is 324 g/mol. The SMILES string of the molecule is CCN(Cc1cccs1)Cc1ccc(/C(N)=N/O)cc1Cl. The van der Waals surface area contributed by atoms with Crippen molar-refractivity contribution in [3.8, 4) is 0 Å². The summed E-state index contributed by atoms with van der Waals surface area (Å²) in [4.78, 5) is 3.65. The Bertz CT molecular complexity index is 613. The van der Waals surface area contributed by atoms with Crippen molar-refractivity contribution < 1.29 is 5.21 Å². The molecule has 0 radical (unpaired) electrons. The van der Waals surface area contributed by atoms with Gasteiger partial charge in [-0.2, -0.15) is 0 Å². The zero-order valence-electron chi connectivity index (χ0n) is 11.8. The van der Waals surface area contributed by atoms with E-state index in [0.29, 0.717) is 10.6 Å². The molecule has 3 N–H and O–H groups in total. The number of rotatable bonds is 6. The summed E-state index contributed by atoms with van der Waals surface area (Å²) in [6.07, 6.45) is 0. The quantitative estimate of drug-likeness (QED) is 0.370. The lowest BCUT2D eigenvalue weighted by molar-refractivity contribution is 0.274. The molecule has 0 spiro atoms. The summed E-state index contributed by atoms with van der Waals surface area (Å²) in [6.45, 7) is 4.75. The maximum atomic E-state index is 8.69. The number of hydrogen-bond acceptors (Lipinski definition) is 4. The minimum Gasteiger partial charge on any atom is -0.409 e. The van der Waals surface area contributed by atoms with E-state index in [9.17, 15) is 0 Å². The van der Waals surface area contributed by atoms with Crippen LogP contribution in [0, 0.1) is 0 Å². The molecule has 0 aliphatic rings. The van der Waals surface area contributed by atoms with E-state index in [1.54, 1.807) is 17.4 Å². The number of nitrogens with two attached hydrogens (primary N) is 1. The molecule has 21 heavy (non-hydrogen) atoms. The Labute approximate surface area is 133 Å². The van der Waals surface area contributed by atoms with Crippen molar-refractivity contribution in [3.63, 3.8) is 0 Å². The van der Waals surface area contributed by atoms with Gasteiger partial charge in [0.15, 0.2) is 5.84 Å². The van der Waals surface area contributed by atoms with Gasteiger partial charge < -0.3 is 10.9 Å². The van der Waals surface area contributed by atoms with E-state index in [1.165, 1.54) is 4.88 Å². The van der Waals surface area contributed by atoms with E-state index in [-0.39, 0.29) is 5.84 Å². The summed E-state index contributed by atoms with van der Waals surface area (Å²) in [5, 5.41) is 14.4. The van der Waals surface area contributed by atoms with Crippen LogP contribution in [0.25, 0.3) is 0 Å². The molecule has 4 nitrogen and oxygen atoms in total. The zero-order chi connectivity index (χ0) is 15.2. The smallest absolute Gasteiger partial charge is 0.170 e. The second kappa shape index (κ2) is 7.45. The summed E-state index contributed by atoms with van der Waals surface area (Å²) in [7, 11) is 0. The molecule has 112 valence electrons. The van der Waals surface area contributed by atoms with Crippen LogP contribution in [0.2, 0.25) is 5.02 Å². The van der Waals surface area contributed by atoms with Gasteiger partial charge in [-0.05, 0) is 29.6 Å². The van der Waals surface area contributed by atoms with E-state index in [4.69, 9.17) is 22.5 Å². The van der Waals surface area contributed by atoms with Gasteiger partial charge in [0, 0.05) is 28.6 Å². The Morgan fingerprint density at radius 3 is 2.76 bits per heavy atom. The number of benzene rings is 1. The standard InChI is InChI=1S/C15H18ClN3OS/c1-2-19(10-13-4-3-7-21-13)9-12-6-5-11(8-14(12)16)15(17)18-20/h3-8,20H,2,9-10H2,1H3,(H2,17,18). The summed E-state index contributed by atoms with van der Waals surface area (Å²) >= 11 is 8.05. The van der Waals surface area contributed by atoms with E-state index in [1.807, 2.05) is 12.1 Å². The number of thiophene rings is 1. The first kappa shape index (κ1) is 15.8. The third-order valence-corrected chi connectivity index (χ3v) is 4.47. The van der Waals surface area contributed by atoms with Crippen LogP contribution in [0.5, 0.6) is 0 Å². The molecule has 0 unspecified atom stereocenters. The molecule has 0 aliphatic heterocycles. The summed E-state index contributed by atoms with van der Waals surface area (Å²) in [5.41, 5.74) is 7.21. The fourth-order valence-corrected chi connectivity index (χ4v) is 3.02. The number of nitrogens with zero attached hydrogens (tertiary/aromatic N) is 2. The van der Waals surface area contributed by atoms with E-state index in [2.05, 4.69) is 34.5 Å². The molecule has 1 heterocycles. The fourth-order valence-electron chi connectivity index (χ4n) is 2.04. The summed E-state index contributed by atoms with van der Waals surface area (Å²) in [5.74, 6) is 0.0642. The topological polar surface area (TPSA) is 61.8 Å². The number of halogens is 1. The van der Waals surface area contributed by atoms with Gasteiger partial charge in [-0.1, -0.05) is 41.9 Å². The lowest BCUT2D eigenvalue weighted by Gasteiger charge is -2.20. The van der Waals surface area contributed by atoms with Crippen molar-refractivity contribution >= 4 is 28.8 Å². The predicted molar refractivity (Wildman–Crippen MR) is 88.1 cm³/mol. The van der Waals surface area contributed by atoms with Crippen LogP contribution >= 0.6 is 22.9 Å². The van der Waals surface area contributed by atoms with Crippen molar-refractivity contribution in [3.05, 3.63) is 56.7 Å². The number of amidine groups is 1.